The Morgan fingerprint density at radius 2 is 2.00 bits per heavy atom. The number of thioether (sulfide) groups is 1. The summed E-state index contributed by atoms with van der Waals surface area (Å²) in [5, 5.41) is 29.2. The lowest BCUT2D eigenvalue weighted by Crippen LogP contribution is -2.50. The number of hydrogen-bond donors (Lipinski definition) is 3. The van der Waals surface area contributed by atoms with Crippen LogP contribution in [0.4, 0.5) is 4.39 Å². The van der Waals surface area contributed by atoms with Crippen LogP contribution >= 0.6 is 11.8 Å². The number of hydrogen-bond acceptors (Lipinski definition) is 6. The minimum Gasteiger partial charge on any atom is -0.476 e. The van der Waals surface area contributed by atoms with Crippen LogP contribution in [0.5, 0.6) is 5.75 Å². The van der Waals surface area contributed by atoms with Gasteiger partial charge in [-0.1, -0.05) is 0 Å². The van der Waals surface area contributed by atoms with Crippen LogP contribution in [0.15, 0.2) is 41.2 Å². The van der Waals surface area contributed by atoms with Crippen molar-refractivity contribution >= 4 is 11.8 Å². The molecule has 118 valence electrons. The Morgan fingerprint density at radius 1 is 1.18 bits per heavy atom. The summed E-state index contributed by atoms with van der Waals surface area (Å²) in [4.78, 5) is 0. The van der Waals surface area contributed by atoms with E-state index in [4.69, 9.17) is 9.15 Å². The highest BCUT2D eigenvalue weighted by Gasteiger charge is 2.38. The molecule has 0 aliphatic carbocycles. The Bertz CT molecular complexity index is 633. The van der Waals surface area contributed by atoms with Gasteiger partial charge in [0.1, 0.15) is 23.8 Å². The molecule has 1 fully saturated rings. The van der Waals surface area contributed by atoms with E-state index in [9.17, 15) is 19.7 Å². The highest BCUT2D eigenvalue weighted by molar-refractivity contribution is 7.99. The molecule has 1 aliphatic heterocycles. The largest absolute Gasteiger partial charge is 0.476 e. The third-order valence-corrected chi connectivity index (χ3v) is 4.71. The number of furan rings is 1. The average Bonchev–Trinajstić information content (AvgIpc) is 3.02. The number of rotatable bonds is 3. The van der Waals surface area contributed by atoms with Crippen molar-refractivity contribution in [3.05, 3.63) is 42.6 Å². The summed E-state index contributed by atoms with van der Waals surface area (Å²) >= 11 is 1.16. The Kier molecular flexibility index (Phi) is 4.39. The van der Waals surface area contributed by atoms with Crippen molar-refractivity contribution in [1.82, 2.24) is 0 Å². The minimum atomic E-state index is -1.29. The number of benzene rings is 1. The molecule has 1 aromatic heterocycles. The first-order valence-electron chi connectivity index (χ1n) is 6.71. The minimum absolute atomic E-state index is 0.221. The fourth-order valence-corrected chi connectivity index (χ4v) is 3.37. The van der Waals surface area contributed by atoms with E-state index in [1.54, 1.807) is 12.1 Å². The predicted octanol–water partition coefficient (Wildman–Crippen LogP) is 1.62. The number of aliphatic hydroxyl groups excluding tert-OH is 3. The van der Waals surface area contributed by atoms with Gasteiger partial charge in [0.2, 0.25) is 0 Å². The Balaban J connectivity index is 1.87. The molecule has 2 heterocycles. The van der Waals surface area contributed by atoms with E-state index in [1.165, 1.54) is 24.7 Å². The molecule has 3 rings (SSSR count). The van der Waals surface area contributed by atoms with Crippen molar-refractivity contribution in [2.75, 3.05) is 5.75 Å². The second-order valence-electron chi connectivity index (χ2n) is 5.02. The van der Waals surface area contributed by atoms with Crippen molar-refractivity contribution < 1.29 is 28.9 Å². The summed E-state index contributed by atoms with van der Waals surface area (Å²) in [7, 11) is 0. The van der Waals surface area contributed by atoms with Crippen molar-refractivity contribution in [2.24, 2.45) is 0 Å². The zero-order valence-corrected chi connectivity index (χ0v) is 12.2. The zero-order chi connectivity index (χ0) is 15.7. The maximum absolute atomic E-state index is 13.5. The predicted molar refractivity (Wildman–Crippen MR) is 79.0 cm³/mol. The molecular formula is C15H15FO5S. The quantitative estimate of drug-likeness (QED) is 0.795. The first kappa shape index (κ1) is 15.4. The van der Waals surface area contributed by atoms with Crippen molar-refractivity contribution in [2.45, 2.75) is 23.7 Å². The van der Waals surface area contributed by atoms with Gasteiger partial charge in [0.15, 0.2) is 5.44 Å². The first-order valence-corrected chi connectivity index (χ1v) is 7.75. The van der Waals surface area contributed by atoms with Crippen LogP contribution in [0.3, 0.4) is 0 Å². The van der Waals surface area contributed by atoms with E-state index in [1.807, 2.05) is 0 Å². The van der Waals surface area contributed by atoms with Crippen molar-refractivity contribution in [3.8, 4) is 16.9 Å². The molecule has 0 bridgehead atoms. The fraction of sp³-hybridized carbons (Fsp3) is 0.333. The second-order valence-corrected chi connectivity index (χ2v) is 6.15. The smallest absolute Gasteiger partial charge is 0.173 e. The van der Waals surface area contributed by atoms with Gasteiger partial charge < -0.3 is 24.5 Å². The van der Waals surface area contributed by atoms with Gasteiger partial charge in [-0.15, -0.1) is 11.8 Å². The van der Waals surface area contributed by atoms with Gasteiger partial charge in [0.25, 0.3) is 0 Å². The summed E-state index contributed by atoms with van der Waals surface area (Å²) < 4.78 is 24.2. The van der Waals surface area contributed by atoms with Gasteiger partial charge >= 0.3 is 0 Å². The molecule has 0 unspecified atom stereocenters. The summed E-state index contributed by atoms with van der Waals surface area (Å²) in [6.45, 7) is 0. The van der Waals surface area contributed by atoms with E-state index in [0.717, 1.165) is 11.8 Å². The third kappa shape index (κ3) is 2.98. The van der Waals surface area contributed by atoms with Crippen LogP contribution in [-0.4, -0.2) is 44.8 Å². The van der Waals surface area contributed by atoms with Crippen LogP contribution in [0, 0.1) is 5.82 Å². The van der Waals surface area contributed by atoms with Crippen LogP contribution in [0.1, 0.15) is 0 Å². The summed E-state index contributed by atoms with van der Waals surface area (Å²) in [6, 6.07) is 5.79. The second kappa shape index (κ2) is 6.29. The summed E-state index contributed by atoms with van der Waals surface area (Å²) in [5.41, 5.74) is 0.528. The molecule has 4 atom stereocenters. The van der Waals surface area contributed by atoms with Crippen molar-refractivity contribution in [3.63, 3.8) is 0 Å². The molecule has 3 N–H and O–H groups in total. The van der Waals surface area contributed by atoms with Gasteiger partial charge in [0, 0.05) is 22.9 Å². The van der Waals surface area contributed by atoms with E-state index < -0.39 is 29.6 Å². The molecule has 0 amide bonds. The van der Waals surface area contributed by atoms with E-state index in [-0.39, 0.29) is 11.5 Å². The summed E-state index contributed by atoms with van der Waals surface area (Å²) in [5.74, 6) is -0.0149. The lowest BCUT2D eigenvalue weighted by molar-refractivity contribution is -0.0785. The lowest BCUT2D eigenvalue weighted by atomic mass is 10.1. The topological polar surface area (TPSA) is 83.1 Å². The van der Waals surface area contributed by atoms with E-state index >= 15 is 0 Å². The SMILES string of the molecule is O[C@@H]1[C@@H](O)[C@H](Oc2cc(F)ccc2-c2ccoc2)SC[C@H]1O. The molecule has 7 heteroatoms. The number of aliphatic hydroxyl groups is 3. The van der Waals surface area contributed by atoms with E-state index in [2.05, 4.69) is 0 Å². The Morgan fingerprint density at radius 3 is 2.73 bits per heavy atom. The maximum atomic E-state index is 13.5. The normalized spacial score (nSPS) is 28.5. The van der Waals surface area contributed by atoms with Crippen LogP contribution in [0.2, 0.25) is 0 Å². The standard InChI is InChI=1S/C15H15FO5S/c16-9-1-2-10(8-3-4-20-6-8)12(5-9)21-15-14(19)13(18)11(17)7-22-15/h1-6,11,13-15,17-19H,7H2/t11-,13+,14-,15-/m1/s1. The van der Waals surface area contributed by atoms with E-state index in [0.29, 0.717) is 11.1 Å². The van der Waals surface area contributed by atoms with Crippen LogP contribution in [-0.2, 0) is 0 Å². The van der Waals surface area contributed by atoms with Gasteiger partial charge in [-0.05, 0) is 18.2 Å². The molecule has 2 aromatic rings. The average molecular weight is 326 g/mol. The fourth-order valence-electron chi connectivity index (χ4n) is 2.26. The van der Waals surface area contributed by atoms with Crippen molar-refractivity contribution in [1.29, 1.82) is 0 Å². The van der Waals surface area contributed by atoms with Gasteiger partial charge in [-0.25, -0.2) is 4.39 Å². The molecule has 1 aromatic carbocycles. The monoisotopic (exact) mass is 326 g/mol. The molecule has 0 spiro atoms. The maximum Gasteiger partial charge on any atom is 0.173 e. The number of halogens is 1. The Labute approximate surface area is 130 Å². The molecule has 22 heavy (non-hydrogen) atoms. The lowest BCUT2D eigenvalue weighted by Gasteiger charge is -2.34. The highest BCUT2D eigenvalue weighted by Crippen LogP contribution is 2.35. The summed E-state index contributed by atoms with van der Waals surface area (Å²) in [6.07, 6.45) is -0.581. The van der Waals surface area contributed by atoms with Crippen LogP contribution < -0.4 is 4.74 Å². The molecule has 0 radical (unpaired) electrons. The van der Waals surface area contributed by atoms with Crippen LogP contribution in [0.25, 0.3) is 11.1 Å². The molecule has 1 aliphatic rings. The molecule has 5 nitrogen and oxygen atoms in total. The third-order valence-electron chi connectivity index (χ3n) is 3.47. The van der Waals surface area contributed by atoms with Gasteiger partial charge in [-0.2, -0.15) is 0 Å². The number of ether oxygens (including phenoxy) is 1. The Hall–Kier alpha value is -1.54. The molecule has 1 saturated heterocycles. The van der Waals surface area contributed by atoms with Gasteiger partial charge in [0.05, 0.1) is 18.6 Å². The molecule has 0 saturated carbocycles. The van der Waals surface area contributed by atoms with Gasteiger partial charge in [-0.3, -0.25) is 0 Å². The first-order chi connectivity index (χ1) is 10.6. The highest BCUT2D eigenvalue weighted by atomic mass is 32.2. The molecular weight excluding hydrogens is 311 g/mol. The zero-order valence-electron chi connectivity index (χ0n) is 11.4.